The lowest BCUT2D eigenvalue weighted by Gasteiger charge is -2.43. The van der Waals surface area contributed by atoms with Crippen LogP contribution in [0.5, 0.6) is 0 Å². The van der Waals surface area contributed by atoms with Gasteiger partial charge in [0.05, 0.1) is 29.9 Å². The summed E-state index contributed by atoms with van der Waals surface area (Å²) in [6.45, 7) is 9.00. The maximum Gasteiger partial charge on any atom is 0.416 e. The summed E-state index contributed by atoms with van der Waals surface area (Å²) in [5.41, 5.74) is -2.87. The van der Waals surface area contributed by atoms with E-state index >= 15 is 0 Å². The Labute approximate surface area is 217 Å². The molecule has 11 heteroatoms. The van der Waals surface area contributed by atoms with Crippen LogP contribution in [-0.4, -0.2) is 55.2 Å². The molecule has 5 nitrogen and oxygen atoms in total. The van der Waals surface area contributed by atoms with Crippen LogP contribution < -0.4 is 5.32 Å². The van der Waals surface area contributed by atoms with Gasteiger partial charge in [-0.25, -0.2) is 4.79 Å². The zero-order chi connectivity index (χ0) is 27.9. The van der Waals surface area contributed by atoms with Crippen LogP contribution in [0.2, 0.25) is 0 Å². The van der Waals surface area contributed by atoms with Gasteiger partial charge in [0.1, 0.15) is 0 Å². The van der Waals surface area contributed by atoms with Gasteiger partial charge in [-0.05, 0) is 42.5 Å². The summed E-state index contributed by atoms with van der Waals surface area (Å²) >= 11 is 0. The summed E-state index contributed by atoms with van der Waals surface area (Å²) in [6, 6.07) is 8.09. The second-order valence-electron chi connectivity index (χ2n) is 10.9. The number of aryl methyl sites for hydroxylation is 1. The SMILES string of the molecule is Cc1ccc([C@]2(CN3CCOCC3)CC(C)(C)CN2C(=O)Nc2cc(C(F)(F)F)cc(C(F)(F)F)c2)cc1. The highest BCUT2D eigenvalue weighted by Gasteiger charge is 2.53. The maximum atomic E-state index is 13.7. The van der Waals surface area contributed by atoms with Crippen LogP contribution >= 0.6 is 0 Å². The van der Waals surface area contributed by atoms with E-state index in [-0.39, 0.29) is 18.0 Å². The first-order valence-corrected chi connectivity index (χ1v) is 12.3. The molecule has 2 saturated heterocycles. The fourth-order valence-corrected chi connectivity index (χ4v) is 5.49. The Balaban J connectivity index is 1.75. The lowest BCUT2D eigenvalue weighted by Crippen LogP contribution is -2.55. The van der Waals surface area contributed by atoms with Gasteiger partial charge in [-0.3, -0.25) is 4.90 Å². The monoisotopic (exact) mass is 543 g/mol. The minimum atomic E-state index is -5.02. The summed E-state index contributed by atoms with van der Waals surface area (Å²) < 4.78 is 85.9. The van der Waals surface area contributed by atoms with Crippen LogP contribution in [0.25, 0.3) is 0 Å². The lowest BCUT2D eigenvalue weighted by molar-refractivity contribution is -0.143. The predicted molar refractivity (Wildman–Crippen MR) is 131 cm³/mol. The van der Waals surface area contributed by atoms with Crippen LogP contribution in [-0.2, 0) is 22.6 Å². The van der Waals surface area contributed by atoms with Gasteiger partial charge in [0.2, 0.25) is 0 Å². The minimum Gasteiger partial charge on any atom is -0.379 e. The average molecular weight is 544 g/mol. The molecule has 2 fully saturated rings. The Morgan fingerprint density at radius 3 is 2.03 bits per heavy atom. The fraction of sp³-hybridized carbons (Fsp3) is 0.519. The first-order valence-electron chi connectivity index (χ1n) is 12.3. The largest absolute Gasteiger partial charge is 0.416 e. The number of carbonyl (C=O) groups is 1. The van der Waals surface area contributed by atoms with E-state index in [1.165, 1.54) is 0 Å². The molecule has 1 N–H and O–H groups in total. The van der Waals surface area contributed by atoms with Gasteiger partial charge in [0.25, 0.3) is 0 Å². The molecule has 2 amide bonds. The number of urea groups is 1. The molecule has 2 aromatic rings. The van der Waals surface area contributed by atoms with Crippen LogP contribution in [0.4, 0.5) is 36.8 Å². The summed E-state index contributed by atoms with van der Waals surface area (Å²) in [5, 5.41) is 2.36. The Hall–Kier alpha value is -2.79. The molecule has 0 radical (unpaired) electrons. The molecule has 0 aromatic heterocycles. The number of ether oxygens (including phenoxy) is 1. The van der Waals surface area contributed by atoms with Crippen LogP contribution in [0, 0.1) is 12.3 Å². The van der Waals surface area contributed by atoms with Crippen molar-refractivity contribution in [3.05, 3.63) is 64.7 Å². The number of hydrogen-bond acceptors (Lipinski definition) is 3. The lowest BCUT2D eigenvalue weighted by atomic mass is 9.79. The molecule has 0 unspecified atom stereocenters. The highest BCUT2D eigenvalue weighted by molar-refractivity contribution is 5.90. The molecule has 2 aromatic carbocycles. The van der Waals surface area contributed by atoms with Crippen molar-refractivity contribution in [3.8, 4) is 0 Å². The van der Waals surface area contributed by atoms with Gasteiger partial charge in [-0.1, -0.05) is 43.7 Å². The van der Waals surface area contributed by atoms with Crippen LogP contribution in [0.1, 0.15) is 42.5 Å². The first-order chi connectivity index (χ1) is 17.6. The third-order valence-corrected chi connectivity index (χ3v) is 7.14. The Morgan fingerprint density at radius 1 is 0.947 bits per heavy atom. The van der Waals surface area contributed by atoms with Gasteiger partial charge in [0.15, 0.2) is 0 Å². The number of nitrogens with one attached hydrogen (secondary N) is 1. The number of nitrogens with zero attached hydrogens (tertiary/aromatic N) is 2. The van der Waals surface area contributed by atoms with Crippen molar-refractivity contribution in [1.82, 2.24) is 9.80 Å². The average Bonchev–Trinajstić information content (AvgIpc) is 3.10. The number of morpholine rings is 1. The second kappa shape index (κ2) is 10.1. The molecule has 0 aliphatic carbocycles. The van der Waals surface area contributed by atoms with E-state index in [2.05, 4.69) is 10.2 Å². The van der Waals surface area contributed by atoms with Crippen molar-refractivity contribution in [2.45, 2.75) is 45.1 Å². The van der Waals surface area contributed by atoms with E-state index in [1.807, 2.05) is 45.0 Å². The molecule has 208 valence electrons. The number of alkyl halides is 6. The van der Waals surface area contributed by atoms with E-state index < -0.39 is 40.7 Å². The topological polar surface area (TPSA) is 44.8 Å². The normalized spacial score (nSPS) is 22.5. The number of carbonyl (C=O) groups excluding carboxylic acids is 1. The summed E-state index contributed by atoms with van der Waals surface area (Å²) in [7, 11) is 0. The zero-order valence-corrected chi connectivity index (χ0v) is 21.5. The molecule has 2 aliphatic heterocycles. The van der Waals surface area contributed by atoms with E-state index in [0.717, 1.165) is 11.1 Å². The smallest absolute Gasteiger partial charge is 0.379 e. The third kappa shape index (κ3) is 6.09. The van der Waals surface area contributed by atoms with Gasteiger partial charge in [-0.2, -0.15) is 26.3 Å². The number of likely N-dealkylation sites (tertiary alicyclic amines) is 1. The Bertz CT molecular complexity index is 1120. The van der Waals surface area contributed by atoms with E-state index in [4.69, 9.17) is 4.74 Å². The number of halogens is 6. The fourth-order valence-electron chi connectivity index (χ4n) is 5.49. The molecular formula is C27H31F6N3O2. The van der Waals surface area contributed by atoms with Crippen molar-refractivity contribution >= 4 is 11.7 Å². The minimum absolute atomic E-state index is 0.0453. The molecule has 0 spiro atoms. The van der Waals surface area contributed by atoms with E-state index in [0.29, 0.717) is 51.4 Å². The first kappa shape index (κ1) is 28.2. The van der Waals surface area contributed by atoms with Crippen LogP contribution in [0.3, 0.4) is 0 Å². The molecule has 0 saturated carbocycles. The second-order valence-corrected chi connectivity index (χ2v) is 10.9. The Kier molecular flexibility index (Phi) is 7.48. The highest BCUT2D eigenvalue weighted by Crippen LogP contribution is 2.48. The zero-order valence-electron chi connectivity index (χ0n) is 21.5. The van der Waals surface area contributed by atoms with Gasteiger partial charge < -0.3 is 15.0 Å². The number of benzene rings is 2. The van der Waals surface area contributed by atoms with Gasteiger partial charge in [0, 0.05) is 31.9 Å². The van der Waals surface area contributed by atoms with Gasteiger partial charge >= 0.3 is 18.4 Å². The van der Waals surface area contributed by atoms with E-state index in [1.54, 1.807) is 4.90 Å². The maximum absolute atomic E-state index is 13.7. The summed E-state index contributed by atoms with van der Waals surface area (Å²) in [4.78, 5) is 17.5. The number of hydrogen-bond donors (Lipinski definition) is 1. The summed E-state index contributed by atoms with van der Waals surface area (Å²) in [5.74, 6) is 0. The number of anilines is 1. The van der Waals surface area contributed by atoms with Crippen molar-refractivity contribution < 1.29 is 35.9 Å². The third-order valence-electron chi connectivity index (χ3n) is 7.14. The highest BCUT2D eigenvalue weighted by atomic mass is 19.4. The molecule has 4 rings (SSSR count). The van der Waals surface area contributed by atoms with Crippen molar-refractivity contribution in [2.75, 3.05) is 44.7 Å². The molecule has 0 bridgehead atoms. The van der Waals surface area contributed by atoms with Crippen molar-refractivity contribution in [1.29, 1.82) is 0 Å². The quantitative estimate of drug-likeness (QED) is 0.447. The molecular weight excluding hydrogens is 512 g/mol. The van der Waals surface area contributed by atoms with Crippen molar-refractivity contribution in [3.63, 3.8) is 0 Å². The number of amides is 2. The molecule has 2 heterocycles. The van der Waals surface area contributed by atoms with Gasteiger partial charge in [-0.15, -0.1) is 0 Å². The standard InChI is InChI=1S/C27H31F6N3O2/c1-18-4-6-19(7-5-18)25(17-35-8-10-38-11-9-35)15-24(2,3)16-36(25)23(37)34-22-13-20(26(28,29)30)12-21(14-22)27(31,32)33/h4-7,12-14H,8-11,15-17H2,1-3H3,(H,34,37)/t25-/m1/s1. The molecule has 38 heavy (non-hydrogen) atoms. The number of rotatable bonds is 4. The Morgan fingerprint density at radius 2 is 1.50 bits per heavy atom. The van der Waals surface area contributed by atoms with E-state index in [9.17, 15) is 31.1 Å². The molecule has 2 aliphatic rings. The van der Waals surface area contributed by atoms with Crippen LogP contribution in [0.15, 0.2) is 42.5 Å². The summed E-state index contributed by atoms with van der Waals surface area (Å²) in [6.07, 6.45) is -9.47. The predicted octanol–water partition coefficient (Wildman–Crippen LogP) is 6.52. The van der Waals surface area contributed by atoms with Crippen molar-refractivity contribution in [2.24, 2.45) is 5.41 Å². The molecule has 1 atom stereocenters.